The molecule has 0 aliphatic rings. The van der Waals surface area contributed by atoms with E-state index in [4.69, 9.17) is 4.74 Å². The van der Waals surface area contributed by atoms with Gasteiger partial charge in [0.15, 0.2) is 5.69 Å². The maximum Gasteiger partial charge on any atom is 0.345 e. The number of hydrogen-bond donors (Lipinski definition) is 1. The third-order valence-electron chi connectivity index (χ3n) is 1.70. The minimum Gasteiger partial charge on any atom is -0.375 e. The summed E-state index contributed by atoms with van der Waals surface area (Å²) in [5.41, 5.74) is -0.854. The van der Waals surface area contributed by atoms with E-state index in [1.165, 1.54) is 6.08 Å². The van der Waals surface area contributed by atoms with Gasteiger partial charge in [-0.05, 0) is 6.92 Å². The van der Waals surface area contributed by atoms with Crippen molar-refractivity contribution in [2.75, 3.05) is 6.61 Å². The number of aromatic nitrogens is 3. The minimum absolute atomic E-state index is 0.100. The lowest BCUT2D eigenvalue weighted by Crippen LogP contribution is -2.34. The van der Waals surface area contributed by atoms with Crippen LogP contribution in [0.1, 0.15) is 12.6 Å². The Morgan fingerprint density at radius 1 is 1.60 bits per heavy atom. The average Bonchev–Trinajstić information content (AvgIpc) is 2.20. The Hall–Kier alpha value is -1.69. The van der Waals surface area contributed by atoms with Crippen LogP contribution in [0, 0.1) is 0 Å². The third kappa shape index (κ3) is 2.88. The van der Waals surface area contributed by atoms with Gasteiger partial charge in [0.1, 0.15) is 0 Å². The molecule has 0 atom stereocenters. The second-order valence-corrected chi connectivity index (χ2v) is 2.81. The first-order chi connectivity index (χ1) is 7.19. The molecule has 0 aromatic carbocycles. The van der Waals surface area contributed by atoms with Crippen LogP contribution in [-0.4, -0.2) is 21.4 Å². The van der Waals surface area contributed by atoms with E-state index in [0.29, 0.717) is 6.61 Å². The number of hydrogen-bond acceptors (Lipinski definition) is 4. The van der Waals surface area contributed by atoms with Gasteiger partial charge < -0.3 is 4.74 Å². The number of allylic oxidation sites excluding steroid dienone is 1. The summed E-state index contributed by atoms with van der Waals surface area (Å²) in [5.74, 6) is 0. The number of rotatable bonds is 5. The van der Waals surface area contributed by atoms with Crippen LogP contribution >= 0.6 is 0 Å². The van der Waals surface area contributed by atoms with E-state index < -0.39 is 11.2 Å². The highest BCUT2D eigenvalue weighted by atomic mass is 16.5. The first-order valence-corrected chi connectivity index (χ1v) is 4.58. The predicted octanol–water partition coefficient (Wildman–Crippen LogP) is -0.346. The minimum atomic E-state index is -0.542. The second-order valence-electron chi connectivity index (χ2n) is 2.81. The molecule has 0 spiro atoms. The quantitative estimate of drug-likeness (QED) is 0.675. The van der Waals surface area contributed by atoms with Crippen LogP contribution in [0.2, 0.25) is 0 Å². The summed E-state index contributed by atoms with van der Waals surface area (Å²) in [5, 5.41) is 3.86. The molecule has 15 heavy (non-hydrogen) atoms. The van der Waals surface area contributed by atoms with E-state index in [-0.39, 0.29) is 18.8 Å². The van der Waals surface area contributed by atoms with E-state index in [9.17, 15) is 9.59 Å². The average molecular weight is 211 g/mol. The summed E-state index contributed by atoms with van der Waals surface area (Å²) in [6.07, 6.45) is 1.52. The normalized spacial score (nSPS) is 10.2. The van der Waals surface area contributed by atoms with Gasteiger partial charge in [-0.3, -0.25) is 9.78 Å². The Kier molecular flexibility index (Phi) is 3.99. The maximum atomic E-state index is 11.3. The Morgan fingerprint density at radius 2 is 2.33 bits per heavy atom. The third-order valence-corrected chi connectivity index (χ3v) is 1.70. The standard InChI is InChI=1S/C9H13N3O3/c1-3-5-12-9(14)10-8(13)7(11-12)6-15-4-2/h3H,1,4-6H2,2H3,(H,10,13,14). The fraction of sp³-hybridized carbons (Fsp3) is 0.444. The Labute approximate surface area is 86.2 Å². The Bertz CT molecular complexity index is 447. The molecule has 0 bridgehead atoms. The molecule has 0 radical (unpaired) electrons. The van der Waals surface area contributed by atoms with Gasteiger partial charge in [0.05, 0.1) is 13.2 Å². The van der Waals surface area contributed by atoms with Gasteiger partial charge in [0.2, 0.25) is 0 Å². The predicted molar refractivity (Wildman–Crippen MR) is 54.6 cm³/mol. The highest BCUT2D eigenvalue weighted by Crippen LogP contribution is 1.86. The van der Waals surface area contributed by atoms with Crippen LogP contribution in [0.5, 0.6) is 0 Å². The molecule has 0 amide bonds. The van der Waals surface area contributed by atoms with Crippen molar-refractivity contribution in [2.45, 2.75) is 20.1 Å². The fourth-order valence-corrected chi connectivity index (χ4v) is 1.01. The van der Waals surface area contributed by atoms with E-state index >= 15 is 0 Å². The number of nitrogens with zero attached hydrogens (tertiary/aromatic N) is 2. The van der Waals surface area contributed by atoms with E-state index in [1.807, 2.05) is 6.92 Å². The van der Waals surface area contributed by atoms with Crippen molar-refractivity contribution in [3.8, 4) is 0 Å². The van der Waals surface area contributed by atoms with Gasteiger partial charge in [-0.1, -0.05) is 6.08 Å². The van der Waals surface area contributed by atoms with Crippen molar-refractivity contribution in [2.24, 2.45) is 0 Å². The van der Waals surface area contributed by atoms with Crippen molar-refractivity contribution in [1.29, 1.82) is 0 Å². The fourth-order valence-electron chi connectivity index (χ4n) is 1.01. The SMILES string of the molecule is C=CCn1nc(COCC)c(=O)[nH]c1=O. The zero-order valence-electron chi connectivity index (χ0n) is 8.52. The zero-order chi connectivity index (χ0) is 11.3. The Balaban J connectivity index is 3.06. The van der Waals surface area contributed by atoms with Crippen LogP contribution in [0.25, 0.3) is 0 Å². The molecular weight excluding hydrogens is 198 g/mol. The van der Waals surface area contributed by atoms with E-state index in [1.54, 1.807) is 0 Å². The highest BCUT2D eigenvalue weighted by molar-refractivity contribution is 4.91. The lowest BCUT2D eigenvalue weighted by Gasteiger charge is -2.03. The van der Waals surface area contributed by atoms with Crippen molar-refractivity contribution in [3.05, 3.63) is 39.2 Å². The molecule has 1 aromatic rings. The molecule has 0 saturated heterocycles. The van der Waals surface area contributed by atoms with Crippen LogP contribution in [-0.2, 0) is 17.9 Å². The molecule has 82 valence electrons. The molecule has 0 fully saturated rings. The molecule has 0 aliphatic carbocycles. The molecular formula is C9H13N3O3. The molecule has 0 unspecified atom stereocenters. The smallest absolute Gasteiger partial charge is 0.345 e. The van der Waals surface area contributed by atoms with Crippen molar-refractivity contribution in [3.63, 3.8) is 0 Å². The van der Waals surface area contributed by atoms with Crippen molar-refractivity contribution in [1.82, 2.24) is 14.8 Å². The van der Waals surface area contributed by atoms with Gasteiger partial charge in [0.25, 0.3) is 5.56 Å². The molecule has 0 saturated carbocycles. The summed E-state index contributed by atoms with van der Waals surface area (Å²) in [4.78, 5) is 24.6. The Morgan fingerprint density at radius 3 is 2.93 bits per heavy atom. The topological polar surface area (TPSA) is 77.0 Å². The van der Waals surface area contributed by atoms with Crippen LogP contribution in [0.3, 0.4) is 0 Å². The van der Waals surface area contributed by atoms with Crippen molar-refractivity contribution < 1.29 is 4.74 Å². The molecule has 1 rings (SSSR count). The maximum absolute atomic E-state index is 11.3. The van der Waals surface area contributed by atoms with Crippen LogP contribution in [0.4, 0.5) is 0 Å². The monoisotopic (exact) mass is 211 g/mol. The number of H-pyrrole nitrogens is 1. The van der Waals surface area contributed by atoms with Gasteiger partial charge in [-0.2, -0.15) is 5.10 Å². The first-order valence-electron chi connectivity index (χ1n) is 4.58. The lowest BCUT2D eigenvalue weighted by atomic mass is 10.5. The summed E-state index contributed by atoms with van der Waals surface area (Å²) in [7, 11) is 0. The van der Waals surface area contributed by atoms with Gasteiger partial charge >= 0.3 is 5.69 Å². The zero-order valence-corrected chi connectivity index (χ0v) is 8.52. The molecule has 1 aromatic heterocycles. The molecule has 0 aliphatic heterocycles. The van der Waals surface area contributed by atoms with Crippen LogP contribution < -0.4 is 11.2 Å². The summed E-state index contributed by atoms with van der Waals surface area (Å²) in [6, 6.07) is 0. The molecule has 1 N–H and O–H groups in total. The van der Waals surface area contributed by atoms with Gasteiger partial charge in [0, 0.05) is 6.61 Å². The first kappa shape index (κ1) is 11.4. The summed E-state index contributed by atoms with van der Waals surface area (Å²) in [6.45, 7) is 6.15. The highest BCUT2D eigenvalue weighted by Gasteiger charge is 2.05. The lowest BCUT2D eigenvalue weighted by molar-refractivity contribution is 0.128. The van der Waals surface area contributed by atoms with Crippen molar-refractivity contribution >= 4 is 0 Å². The molecule has 6 heteroatoms. The number of aromatic amines is 1. The second kappa shape index (κ2) is 5.26. The van der Waals surface area contributed by atoms with Gasteiger partial charge in [-0.25, -0.2) is 9.48 Å². The largest absolute Gasteiger partial charge is 0.375 e. The van der Waals surface area contributed by atoms with Crippen LogP contribution in [0.15, 0.2) is 22.2 Å². The molecule has 1 heterocycles. The van der Waals surface area contributed by atoms with Gasteiger partial charge in [-0.15, -0.1) is 6.58 Å². The number of nitrogens with one attached hydrogen (secondary N) is 1. The van der Waals surface area contributed by atoms with E-state index in [0.717, 1.165) is 4.68 Å². The van der Waals surface area contributed by atoms with E-state index in [2.05, 4.69) is 16.7 Å². The number of ether oxygens (including phenoxy) is 1. The summed E-state index contributed by atoms with van der Waals surface area (Å²) >= 11 is 0. The summed E-state index contributed by atoms with van der Waals surface area (Å²) < 4.78 is 6.18. The molecule has 6 nitrogen and oxygen atoms in total.